The molecule has 146 valence electrons. The van der Waals surface area contributed by atoms with Gasteiger partial charge < -0.3 is 15.1 Å². The first-order valence-corrected chi connectivity index (χ1v) is 9.21. The molecule has 1 aromatic heterocycles. The van der Waals surface area contributed by atoms with E-state index in [2.05, 4.69) is 10.6 Å². The number of carbonyl (C=O) groups excluding carboxylic acids is 2. The number of hydrogen-bond donors (Lipinski definition) is 2. The van der Waals surface area contributed by atoms with E-state index in [1.165, 1.54) is 10.6 Å². The van der Waals surface area contributed by atoms with Gasteiger partial charge in [0.05, 0.1) is 12.1 Å². The van der Waals surface area contributed by atoms with Crippen molar-refractivity contribution < 1.29 is 14.0 Å². The van der Waals surface area contributed by atoms with Crippen LogP contribution in [0.3, 0.4) is 0 Å². The van der Waals surface area contributed by atoms with Crippen LogP contribution < -0.4 is 16.4 Å². The molecular weight excluding hydrogens is 405 g/mol. The number of aryl methyl sites for hydroxylation is 1. The van der Waals surface area contributed by atoms with E-state index in [0.29, 0.717) is 26.8 Å². The molecule has 0 saturated carbocycles. The molecule has 2 amide bonds. The Morgan fingerprint density at radius 3 is 2.71 bits per heavy atom. The Labute approximate surface area is 170 Å². The number of oxazole rings is 1. The Kier molecular flexibility index (Phi) is 6.06. The first-order chi connectivity index (χ1) is 13.3. The van der Waals surface area contributed by atoms with Crippen molar-refractivity contribution in [2.75, 3.05) is 11.9 Å². The summed E-state index contributed by atoms with van der Waals surface area (Å²) in [5.41, 5.74) is 2.24. The van der Waals surface area contributed by atoms with Crippen molar-refractivity contribution >= 4 is 51.8 Å². The standard InChI is InChI=1S/C19H17Cl2N3O4/c1-11-13(21)3-2-4-14(11)23-18(26)10-22-17(25)7-8-24-15-6-5-12(20)9-16(15)28-19(24)27/h2-6,9H,7-8,10H2,1H3,(H,22,25)(H,23,26). The Bertz CT molecular complexity index is 1100. The van der Waals surface area contributed by atoms with Crippen molar-refractivity contribution in [1.82, 2.24) is 9.88 Å². The van der Waals surface area contributed by atoms with Crippen LogP contribution in [0.15, 0.2) is 45.6 Å². The molecule has 2 N–H and O–H groups in total. The highest BCUT2D eigenvalue weighted by molar-refractivity contribution is 6.32. The molecule has 28 heavy (non-hydrogen) atoms. The van der Waals surface area contributed by atoms with Gasteiger partial charge in [0, 0.05) is 34.8 Å². The molecule has 0 saturated heterocycles. The largest absolute Gasteiger partial charge is 0.419 e. The van der Waals surface area contributed by atoms with Crippen LogP contribution in [0.4, 0.5) is 5.69 Å². The van der Waals surface area contributed by atoms with Crippen molar-refractivity contribution in [3.05, 3.63) is 62.6 Å². The minimum absolute atomic E-state index is 0.0145. The Morgan fingerprint density at radius 2 is 1.93 bits per heavy atom. The molecule has 0 aliphatic heterocycles. The van der Waals surface area contributed by atoms with Crippen LogP contribution in [0.25, 0.3) is 11.1 Å². The summed E-state index contributed by atoms with van der Waals surface area (Å²) >= 11 is 11.9. The quantitative estimate of drug-likeness (QED) is 0.637. The average Bonchev–Trinajstić information content (AvgIpc) is 2.96. The van der Waals surface area contributed by atoms with Crippen LogP contribution in [-0.4, -0.2) is 22.9 Å². The first-order valence-electron chi connectivity index (χ1n) is 8.45. The predicted octanol–water partition coefficient (Wildman–Crippen LogP) is 3.35. The second-order valence-corrected chi connectivity index (χ2v) is 6.96. The van der Waals surface area contributed by atoms with Gasteiger partial charge in [-0.15, -0.1) is 0 Å². The summed E-state index contributed by atoms with van der Waals surface area (Å²) in [7, 11) is 0. The van der Waals surface area contributed by atoms with Crippen molar-refractivity contribution in [3.8, 4) is 0 Å². The summed E-state index contributed by atoms with van der Waals surface area (Å²) < 4.78 is 6.46. The maximum Gasteiger partial charge on any atom is 0.419 e. The van der Waals surface area contributed by atoms with Crippen LogP contribution in [0.1, 0.15) is 12.0 Å². The van der Waals surface area contributed by atoms with Gasteiger partial charge >= 0.3 is 5.76 Å². The lowest BCUT2D eigenvalue weighted by Crippen LogP contribution is -2.33. The van der Waals surface area contributed by atoms with Crippen LogP contribution in [0.2, 0.25) is 10.0 Å². The second-order valence-electron chi connectivity index (χ2n) is 6.12. The molecule has 9 heteroatoms. The molecule has 7 nitrogen and oxygen atoms in total. The van der Waals surface area contributed by atoms with E-state index in [1.54, 1.807) is 37.3 Å². The number of fused-ring (bicyclic) bond motifs is 1. The number of amides is 2. The first kappa shape index (κ1) is 20.0. The molecular formula is C19H17Cl2N3O4. The fourth-order valence-electron chi connectivity index (χ4n) is 2.67. The molecule has 0 fully saturated rings. The van der Waals surface area contributed by atoms with Gasteiger partial charge in [-0.1, -0.05) is 29.3 Å². The monoisotopic (exact) mass is 421 g/mol. The number of rotatable bonds is 6. The van der Waals surface area contributed by atoms with Crippen LogP contribution in [-0.2, 0) is 16.1 Å². The van der Waals surface area contributed by atoms with Crippen LogP contribution >= 0.6 is 23.2 Å². The number of anilines is 1. The molecule has 0 radical (unpaired) electrons. The number of nitrogens with zero attached hydrogens (tertiary/aromatic N) is 1. The molecule has 0 bridgehead atoms. The molecule has 2 aromatic carbocycles. The zero-order valence-corrected chi connectivity index (χ0v) is 16.4. The van der Waals surface area contributed by atoms with Gasteiger partial charge in [-0.25, -0.2) is 4.79 Å². The minimum Gasteiger partial charge on any atom is -0.408 e. The van der Waals surface area contributed by atoms with E-state index < -0.39 is 5.76 Å². The Balaban J connectivity index is 1.54. The zero-order chi connectivity index (χ0) is 20.3. The third-order valence-corrected chi connectivity index (χ3v) is 4.83. The molecule has 0 atom stereocenters. The fourth-order valence-corrected chi connectivity index (χ4v) is 3.01. The zero-order valence-electron chi connectivity index (χ0n) is 14.9. The normalized spacial score (nSPS) is 10.8. The molecule has 1 heterocycles. The summed E-state index contributed by atoms with van der Waals surface area (Å²) in [4.78, 5) is 36.0. The number of nitrogens with one attached hydrogen (secondary N) is 2. The van der Waals surface area contributed by atoms with Crippen molar-refractivity contribution in [3.63, 3.8) is 0 Å². The molecule has 0 aliphatic rings. The van der Waals surface area contributed by atoms with Gasteiger partial charge in [-0.3, -0.25) is 14.2 Å². The van der Waals surface area contributed by atoms with Gasteiger partial charge in [0.15, 0.2) is 5.58 Å². The molecule has 3 rings (SSSR count). The number of hydrogen-bond acceptors (Lipinski definition) is 4. The van der Waals surface area contributed by atoms with Gasteiger partial charge in [0.1, 0.15) is 0 Å². The van der Waals surface area contributed by atoms with Crippen molar-refractivity contribution in [1.29, 1.82) is 0 Å². The predicted molar refractivity (Wildman–Crippen MR) is 108 cm³/mol. The number of aromatic nitrogens is 1. The Morgan fingerprint density at radius 1 is 1.14 bits per heavy atom. The Hall–Kier alpha value is -2.77. The fraction of sp³-hybridized carbons (Fsp3) is 0.211. The smallest absolute Gasteiger partial charge is 0.408 e. The number of carbonyl (C=O) groups is 2. The van der Waals surface area contributed by atoms with E-state index in [9.17, 15) is 14.4 Å². The average molecular weight is 422 g/mol. The third kappa shape index (κ3) is 4.55. The highest BCUT2D eigenvalue weighted by Crippen LogP contribution is 2.22. The lowest BCUT2D eigenvalue weighted by Gasteiger charge is -2.10. The van der Waals surface area contributed by atoms with Crippen LogP contribution in [0, 0.1) is 6.92 Å². The summed E-state index contributed by atoms with van der Waals surface area (Å²) in [6.07, 6.45) is 0.0145. The van der Waals surface area contributed by atoms with Crippen molar-refractivity contribution in [2.45, 2.75) is 19.9 Å². The summed E-state index contributed by atoms with van der Waals surface area (Å²) in [6.45, 7) is 1.71. The minimum atomic E-state index is -0.570. The summed E-state index contributed by atoms with van der Waals surface area (Å²) in [5.74, 6) is -1.31. The highest BCUT2D eigenvalue weighted by atomic mass is 35.5. The van der Waals surface area contributed by atoms with Gasteiger partial charge in [0.25, 0.3) is 0 Å². The molecule has 3 aromatic rings. The van der Waals surface area contributed by atoms with Gasteiger partial charge in [-0.2, -0.15) is 0 Å². The van der Waals surface area contributed by atoms with Crippen molar-refractivity contribution in [2.24, 2.45) is 0 Å². The maximum atomic E-state index is 12.0. The summed E-state index contributed by atoms with van der Waals surface area (Å²) in [5, 5.41) is 6.21. The van der Waals surface area contributed by atoms with Gasteiger partial charge in [0.2, 0.25) is 11.8 Å². The lowest BCUT2D eigenvalue weighted by atomic mass is 10.2. The highest BCUT2D eigenvalue weighted by Gasteiger charge is 2.12. The molecule has 0 spiro atoms. The van der Waals surface area contributed by atoms with E-state index in [-0.39, 0.29) is 31.3 Å². The van der Waals surface area contributed by atoms with E-state index in [1.807, 2.05) is 0 Å². The topological polar surface area (TPSA) is 93.3 Å². The second kappa shape index (κ2) is 8.50. The third-order valence-electron chi connectivity index (χ3n) is 4.18. The SMILES string of the molecule is Cc1c(Cl)cccc1NC(=O)CNC(=O)CCn1c(=O)oc2cc(Cl)ccc21. The lowest BCUT2D eigenvalue weighted by molar-refractivity contribution is -0.124. The maximum absolute atomic E-state index is 12.0. The van der Waals surface area contributed by atoms with E-state index in [4.69, 9.17) is 27.6 Å². The molecule has 0 aliphatic carbocycles. The van der Waals surface area contributed by atoms with Gasteiger partial charge in [-0.05, 0) is 36.8 Å². The summed E-state index contributed by atoms with van der Waals surface area (Å²) in [6, 6.07) is 10.0. The number of halogens is 2. The van der Waals surface area contributed by atoms with E-state index in [0.717, 1.165) is 5.56 Å². The molecule has 0 unspecified atom stereocenters. The van der Waals surface area contributed by atoms with Crippen LogP contribution in [0.5, 0.6) is 0 Å². The number of benzene rings is 2. The van der Waals surface area contributed by atoms with E-state index >= 15 is 0 Å².